The van der Waals surface area contributed by atoms with E-state index in [2.05, 4.69) is 48.5 Å². The predicted molar refractivity (Wildman–Crippen MR) is 98.2 cm³/mol. The number of hydrogen-bond donors (Lipinski definition) is 2. The van der Waals surface area contributed by atoms with Crippen molar-refractivity contribution in [3.63, 3.8) is 0 Å². The third kappa shape index (κ3) is 7.64. The molecule has 0 heterocycles. The highest BCUT2D eigenvalue weighted by atomic mass is 19.1. The average molecular weight is 338 g/mol. The van der Waals surface area contributed by atoms with Gasteiger partial charge >= 0.3 is 0 Å². The molecular weight excluding hydrogens is 307 g/mol. The first-order valence-electron chi connectivity index (χ1n) is 8.24. The molecule has 1 rings (SSSR count). The molecule has 0 amide bonds. The van der Waals surface area contributed by atoms with Crippen LogP contribution < -0.4 is 15.4 Å². The second-order valence-corrected chi connectivity index (χ2v) is 7.07. The van der Waals surface area contributed by atoms with Crippen LogP contribution in [0.1, 0.15) is 20.8 Å². The van der Waals surface area contributed by atoms with Crippen LogP contribution >= 0.6 is 0 Å². The number of guanidine groups is 1. The fraction of sp³-hybridized carbons (Fsp3) is 0.611. The summed E-state index contributed by atoms with van der Waals surface area (Å²) < 4.78 is 19.2. The molecule has 0 aliphatic rings. The zero-order chi connectivity index (χ0) is 18.2. The fourth-order valence-electron chi connectivity index (χ4n) is 2.49. The van der Waals surface area contributed by atoms with Crippen LogP contribution in [0.3, 0.4) is 0 Å². The summed E-state index contributed by atoms with van der Waals surface area (Å²) in [4.78, 5) is 6.39. The Morgan fingerprint density at radius 2 is 1.96 bits per heavy atom. The maximum Gasteiger partial charge on any atom is 0.191 e. The molecule has 1 atom stereocenters. The molecule has 0 saturated heterocycles. The molecule has 0 bridgehead atoms. The van der Waals surface area contributed by atoms with Crippen LogP contribution in [0.5, 0.6) is 5.75 Å². The molecule has 0 spiro atoms. The Balaban J connectivity index is 2.42. The summed E-state index contributed by atoms with van der Waals surface area (Å²) in [6.45, 7) is 8.61. The van der Waals surface area contributed by atoms with E-state index in [0.717, 1.165) is 13.1 Å². The molecule has 0 saturated carbocycles. The molecule has 2 N–H and O–H groups in total. The Labute approximate surface area is 145 Å². The first-order valence-corrected chi connectivity index (χ1v) is 8.24. The van der Waals surface area contributed by atoms with E-state index in [0.29, 0.717) is 12.5 Å². The zero-order valence-corrected chi connectivity index (χ0v) is 15.7. The molecule has 6 heteroatoms. The monoisotopic (exact) mass is 338 g/mol. The van der Waals surface area contributed by atoms with Gasteiger partial charge in [-0.1, -0.05) is 26.0 Å². The van der Waals surface area contributed by atoms with Crippen molar-refractivity contribution in [1.29, 1.82) is 0 Å². The predicted octanol–water partition coefficient (Wildman–Crippen LogP) is 2.35. The highest BCUT2D eigenvalue weighted by molar-refractivity contribution is 5.79. The Bertz CT molecular complexity index is 532. The Morgan fingerprint density at radius 1 is 1.29 bits per heavy atom. The highest BCUT2D eigenvalue weighted by Gasteiger charge is 2.19. The lowest BCUT2D eigenvalue weighted by Gasteiger charge is -2.29. The van der Waals surface area contributed by atoms with Gasteiger partial charge in [0.15, 0.2) is 17.5 Å². The van der Waals surface area contributed by atoms with Crippen LogP contribution in [0.25, 0.3) is 0 Å². The molecular formula is C18H31FN4O. The van der Waals surface area contributed by atoms with E-state index in [4.69, 9.17) is 4.74 Å². The normalized spacial score (nSPS) is 13.8. The Hall–Kier alpha value is -1.82. The lowest BCUT2D eigenvalue weighted by atomic mass is 9.93. The summed E-state index contributed by atoms with van der Waals surface area (Å²) >= 11 is 0. The van der Waals surface area contributed by atoms with Crippen LogP contribution in [0.15, 0.2) is 29.3 Å². The van der Waals surface area contributed by atoms with Gasteiger partial charge in [0.1, 0.15) is 6.10 Å². The van der Waals surface area contributed by atoms with E-state index in [9.17, 15) is 4.39 Å². The summed E-state index contributed by atoms with van der Waals surface area (Å²) in [7, 11) is 5.86. The van der Waals surface area contributed by atoms with Crippen molar-refractivity contribution in [3.8, 4) is 5.75 Å². The van der Waals surface area contributed by atoms with Gasteiger partial charge in [-0.05, 0) is 38.6 Å². The zero-order valence-electron chi connectivity index (χ0n) is 15.7. The molecule has 0 aromatic heterocycles. The van der Waals surface area contributed by atoms with E-state index in [-0.39, 0.29) is 23.1 Å². The highest BCUT2D eigenvalue weighted by Crippen LogP contribution is 2.17. The van der Waals surface area contributed by atoms with E-state index in [1.54, 1.807) is 25.2 Å². The average Bonchev–Trinajstić information content (AvgIpc) is 2.48. The van der Waals surface area contributed by atoms with Gasteiger partial charge in [-0.15, -0.1) is 0 Å². The van der Waals surface area contributed by atoms with E-state index >= 15 is 0 Å². The molecule has 0 fully saturated rings. The molecule has 5 nitrogen and oxygen atoms in total. The number of para-hydroxylation sites is 1. The second kappa shape index (κ2) is 9.47. The van der Waals surface area contributed by atoms with Gasteiger partial charge in [-0.2, -0.15) is 0 Å². The first-order chi connectivity index (χ1) is 11.2. The molecule has 136 valence electrons. The molecule has 0 radical (unpaired) electrons. The van der Waals surface area contributed by atoms with Gasteiger partial charge in [-0.25, -0.2) is 4.39 Å². The smallest absolute Gasteiger partial charge is 0.191 e. The van der Waals surface area contributed by atoms with Crippen molar-refractivity contribution in [1.82, 2.24) is 15.5 Å². The lowest BCUT2D eigenvalue weighted by molar-refractivity contribution is 0.213. The van der Waals surface area contributed by atoms with E-state index < -0.39 is 0 Å². The molecule has 1 aromatic carbocycles. The quantitative estimate of drug-likeness (QED) is 0.564. The van der Waals surface area contributed by atoms with Crippen LogP contribution in [0.2, 0.25) is 0 Å². The van der Waals surface area contributed by atoms with Crippen molar-refractivity contribution >= 4 is 5.96 Å². The maximum atomic E-state index is 13.6. The van der Waals surface area contributed by atoms with Crippen molar-refractivity contribution in [3.05, 3.63) is 30.1 Å². The van der Waals surface area contributed by atoms with Crippen molar-refractivity contribution < 1.29 is 9.13 Å². The Morgan fingerprint density at radius 3 is 2.54 bits per heavy atom. The number of aliphatic imine (C=N–C) groups is 1. The maximum absolute atomic E-state index is 13.6. The van der Waals surface area contributed by atoms with Crippen LogP contribution in [-0.2, 0) is 0 Å². The summed E-state index contributed by atoms with van der Waals surface area (Å²) in [5, 5.41) is 6.54. The van der Waals surface area contributed by atoms with Gasteiger partial charge in [-0.3, -0.25) is 4.99 Å². The molecule has 0 aliphatic carbocycles. The fourth-order valence-corrected chi connectivity index (χ4v) is 2.49. The number of nitrogens with zero attached hydrogens (tertiary/aromatic N) is 2. The number of rotatable bonds is 8. The Kier molecular flexibility index (Phi) is 7.98. The largest absolute Gasteiger partial charge is 0.486 e. The van der Waals surface area contributed by atoms with Crippen LogP contribution in [-0.4, -0.2) is 57.7 Å². The minimum atomic E-state index is -0.350. The summed E-state index contributed by atoms with van der Waals surface area (Å²) in [5.74, 6) is 0.630. The van der Waals surface area contributed by atoms with Gasteiger partial charge in [0.2, 0.25) is 0 Å². The summed E-state index contributed by atoms with van der Waals surface area (Å²) in [6.07, 6.45) is -0.185. The van der Waals surface area contributed by atoms with Crippen LogP contribution in [0, 0.1) is 11.2 Å². The van der Waals surface area contributed by atoms with Gasteiger partial charge in [0.05, 0.1) is 6.54 Å². The summed E-state index contributed by atoms with van der Waals surface area (Å²) in [5.41, 5.74) is 0.121. The van der Waals surface area contributed by atoms with Crippen molar-refractivity contribution in [2.45, 2.75) is 26.9 Å². The molecule has 1 unspecified atom stereocenters. The van der Waals surface area contributed by atoms with E-state index in [1.807, 2.05) is 6.92 Å². The lowest BCUT2D eigenvalue weighted by Crippen LogP contribution is -2.46. The minimum absolute atomic E-state index is 0.121. The standard InChI is InChI=1S/C18H31FN4O/c1-14(24-16-10-8-7-9-15(16)19)11-21-17(20-4)22-12-18(2,3)13-23(5)6/h7-10,14H,11-13H2,1-6H3,(H2,20,21,22). The number of nitrogens with one attached hydrogen (secondary N) is 2. The number of hydrogen-bond acceptors (Lipinski definition) is 3. The van der Waals surface area contributed by atoms with Crippen molar-refractivity contribution in [2.24, 2.45) is 10.4 Å². The SMILES string of the molecule is CN=C(NCC(C)Oc1ccccc1F)NCC(C)(C)CN(C)C. The topological polar surface area (TPSA) is 48.9 Å². The number of benzene rings is 1. The third-order valence-corrected chi connectivity index (χ3v) is 3.42. The van der Waals surface area contributed by atoms with Crippen molar-refractivity contribution in [2.75, 3.05) is 40.8 Å². The second-order valence-electron chi connectivity index (χ2n) is 7.07. The van der Waals surface area contributed by atoms with Gasteiger partial charge in [0.25, 0.3) is 0 Å². The summed E-state index contributed by atoms with van der Waals surface area (Å²) in [6, 6.07) is 6.42. The molecule has 24 heavy (non-hydrogen) atoms. The molecule has 0 aliphatic heterocycles. The molecule has 1 aromatic rings. The minimum Gasteiger partial charge on any atom is -0.486 e. The third-order valence-electron chi connectivity index (χ3n) is 3.42. The number of halogens is 1. The van der Waals surface area contributed by atoms with E-state index in [1.165, 1.54) is 6.07 Å². The number of ether oxygens (including phenoxy) is 1. The van der Waals surface area contributed by atoms with Crippen LogP contribution in [0.4, 0.5) is 4.39 Å². The van der Waals surface area contributed by atoms with Gasteiger partial charge < -0.3 is 20.3 Å². The van der Waals surface area contributed by atoms with Gasteiger partial charge in [0, 0.05) is 20.1 Å². The first kappa shape index (κ1) is 20.2.